The third kappa shape index (κ3) is 3.47. The van der Waals surface area contributed by atoms with Crippen molar-refractivity contribution in [3.63, 3.8) is 0 Å². The van der Waals surface area contributed by atoms with Crippen molar-refractivity contribution in [2.45, 2.75) is 46.3 Å². The van der Waals surface area contributed by atoms with Gasteiger partial charge in [-0.2, -0.15) is 5.10 Å². The molecule has 4 nitrogen and oxygen atoms in total. The highest BCUT2D eigenvalue weighted by Gasteiger charge is 2.12. The summed E-state index contributed by atoms with van der Waals surface area (Å²) in [5, 5.41) is 7.82. The summed E-state index contributed by atoms with van der Waals surface area (Å²) in [5.41, 5.74) is 2.30. The molecule has 2 aromatic heterocycles. The first-order valence-electron chi connectivity index (χ1n) is 6.24. The van der Waals surface area contributed by atoms with Crippen LogP contribution < -0.4 is 5.32 Å². The number of hydrogen-bond donors (Lipinski definition) is 1. The van der Waals surface area contributed by atoms with Crippen LogP contribution in [0.15, 0.2) is 29.0 Å². The van der Waals surface area contributed by atoms with E-state index in [9.17, 15) is 0 Å². The van der Waals surface area contributed by atoms with Gasteiger partial charge in [-0.25, -0.2) is 0 Å². The van der Waals surface area contributed by atoms with Gasteiger partial charge in [0.2, 0.25) is 0 Å². The zero-order valence-electron chi connectivity index (χ0n) is 11.5. The third-order valence-electron chi connectivity index (χ3n) is 2.72. The fourth-order valence-corrected chi connectivity index (χ4v) is 1.73. The molecule has 18 heavy (non-hydrogen) atoms. The lowest BCUT2D eigenvalue weighted by Gasteiger charge is -2.20. The van der Waals surface area contributed by atoms with Gasteiger partial charge in [0, 0.05) is 17.3 Å². The predicted octanol–water partition coefficient (Wildman–Crippen LogP) is 2.72. The highest BCUT2D eigenvalue weighted by Crippen LogP contribution is 2.13. The van der Waals surface area contributed by atoms with Gasteiger partial charge in [0.15, 0.2) is 0 Å². The van der Waals surface area contributed by atoms with Crippen LogP contribution in [0.25, 0.3) is 0 Å². The molecular formula is C14H21N3O. The van der Waals surface area contributed by atoms with Crippen LogP contribution in [0.4, 0.5) is 0 Å². The number of hydrogen-bond acceptors (Lipinski definition) is 3. The number of aromatic nitrogens is 2. The Hall–Kier alpha value is -1.55. The molecule has 2 heterocycles. The lowest BCUT2D eigenvalue weighted by molar-refractivity contribution is 0.385. The van der Waals surface area contributed by atoms with E-state index in [1.807, 2.05) is 29.9 Å². The van der Waals surface area contributed by atoms with Gasteiger partial charge in [0.1, 0.15) is 5.76 Å². The smallest absolute Gasteiger partial charge is 0.122 e. The summed E-state index contributed by atoms with van der Waals surface area (Å²) in [4.78, 5) is 0. The van der Waals surface area contributed by atoms with Gasteiger partial charge in [-0.3, -0.25) is 4.68 Å². The monoisotopic (exact) mass is 247 g/mol. The zero-order chi connectivity index (χ0) is 13.2. The van der Waals surface area contributed by atoms with E-state index in [0.717, 1.165) is 24.5 Å². The summed E-state index contributed by atoms with van der Waals surface area (Å²) in [7, 11) is 0. The highest BCUT2D eigenvalue weighted by molar-refractivity contribution is 5.17. The van der Waals surface area contributed by atoms with Gasteiger partial charge in [0.25, 0.3) is 0 Å². The summed E-state index contributed by atoms with van der Waals surface area (Å²) < 4.78 is 7.47. The molecule has 0 aliphatic rings. The summed E-state index contributed by atoms with van der Waals surface area (Å²) in [6.07, 6.45) is 3.73. The first-order valence-corrected chi connectivity index (χ1v) is 6.24. The Morgan fingerprint density at radius 3 is 2.72 bits per heavy atom. The van der Waals surface area contributed by atoms with Crippen LogP contribution in [-0.4, -0.2) is 15.3 Å². The van der Waals surface area contributed by atoms with Crippen LogP contribution in [0.2, 0.25) is 0 Å². The molecule has 0 aromatic carbocycles. The average Bonchev–Trinajstić information content (AvgIpc) is 2.85. The van der Waals surface area contributed by atoms with Crippen molar-refractivity contribution < 1.29 is 4.42 Å². The van der Waals surface area contributed by atoms with Gasteiger partial charge < -0.3 is 9.73 Å². The Kier molecular flexibility index (Phi) is 3.57. The molecule has 0 unspecified atom stereocenters. The molecule has 4 heteroatoms. The Morgan fingerprint density at radius 2 is 2.11 bits per heavy atom. The summed E-state index contributed by atoms with van der Waals surface area (Å²) >= 11 is 0. The van der Waals surface area contributed by atoms with Crippen LogP contribution in [0.1, 0.15) is 37.8 Å². The van der Waals surface area contributed by atoms with E-state index < -0.39 is 0 Å². The van der Waals surface area contributed by atoms with Crippen molar-refractivity contribution in [1.29, 1.82) is 0 Å². The summed E-state index contributed by atoms with van der Waals surface area (Å²) in [6, 6.07) is 4.02. The first-order chi connectivity index (χ1) is 8.44. The normalized spacial score (nSPS) is 12.0. The highest BCUT2D eigenvalue weighted by atomic mass is 16.3. The molecular weight excluding hydrogens is 226 g/mol. The molecule has 2 aromatic rings. The van der Waals surface area contributed by atoms with Crippen molar-refractivity contribution in [3.8, 4) is 0 Å². The molecule has 0 atom stereocenters. The van der Waals surface area contributed by atoms with E-state index in [1.54, 1.807) is 6.26 Å². The number of aryl methyl sites for hydroxylation is 1. The molecule has 2 rings (SSSR count). The van der Waals surface area contributed by atoms with Crippen LogP contribution in [0.3, 0.4) is 0 Å². The fourth-order valence-electron chi connectivity index (χ4n) is 1.73. The summed E-state index contributed by atoms with van der Waals surface area (Å²) in [6.45, 7) is 9.93. The second-order valence-corrected chi connectivity index (χ2v) is 5.63. The van der Waals surface area contributed by atoms with Crippen LogP contribution >= 0.6 is 0 Å². The van der Waals surface area contributed by atoms with Gasteiger partial charge in [-0.1, -0.05) is 0 Å². The van der Waals surface area contributed by atoms with Crippen molar-refractivity contribution in [1.82, 2.24) is 15.1 Å². The Labute approximate surface area is 108 Å². The third-order valence-corrected chi connectivity index (χ3v) is 2.72. The van der Waals surface area contributed by atoms with Gasteiger partial charge >= 0.3 is 0 Å². The molecule has 0 saturated carbocycles. The predicted molar refractivity (Wildman–Crippen MR) is 71.4 cm³/mol. The molecule has 0 spiro atoms. The van der Waals surface area contributed by atoms with Crippen molar-refractivity contribution in [2.24, 2.45) is 0 Å². The van der Waals surface area contributed by atoms with Gasteiger partial charge in [0.05, 0.1) is 25.0 Å². The molecule has 0 aliphatic heterocycles. The minimum Gasteiger partial charge on any atom is -0.468 e. The number of nitrogens with zero attached hydrogens (tertiary/aromatic N) is 2. The lowest BCUT2D eigenvalue weighted by Crippen LogP contribution is -2.35. The molecule has 98 valence electrons. The van der Waals surface area contributed by atoms with E-state index in [1.165, 1.54) is 5.56 Å². The SMILES string of the molecule is Cc1ccn(Cc2ccoc2CNC(C)(C)C)n1. The molecule has 0 aliphatic carbocycles. The summed E-state index contributed by atoms with van der Waals surface area (Å²) in [5.74, 6) is 0.984. The molecule has 0 amide bonds. The zero-order valence-corrected chi connectivity index (χ0v) is 11.5. The van der Waals surface area contributed by atoms with E-state index in [0.29, 0.717) is 0 Å². The van der Waals surface area contributed by atoms with Gasteiger partial charge in [-0.15, -0.1) is 0 Å². The average molecular weight is 247 g/mol. The first kappa shape index (κ1) is 12.9. The van der Waals surface area contributed by atoms with Crippen molar-refractivity contribution in [2.75, 3.05) is 0 Å². The van der Waals surface area contributed by atoms with E-state index in [4.69, 9.17) is 4.42 Å². The fraction of sp³-hybridized carbons (Fsp3) is 0.500. The largest absolute Gasteiger partial charge is 0.468 e. The van der Waals surface area contributed by atoms with Crippen LogP contribution in [0, 0.1) is 6.92 Å². The molecule has 1 N–H and O–H groups in total. The number of rotatable bonds is 4. The van der Waals surface area contributed by atoms with E-state index in [2.05, 4.69) is 31.2 Å². The maximum absolute atomic E-state index is 5.54. The Balaban J connectivity index is 2.03. The van der Waals surface area contributed by atoms with E-state index in [-0.39, 0.29) is 5.54 Å². The van der Waals surface area contributed by atoms with E-state index >= 15 is 0 Å². The van der Waals surface area contributed by atoms with Crippen molar-refractivity contribution >= 4 is 0 Å². The molecule has 0 saturated heterocycles. The minimum atomic E-state index is 0.0896. The maximum atomic E-state index is 5.54. The molecule has 0 fully saturated rings. The van der Waals surface area contributed by atoms with Gasteiger partial charge in [-0.05, 0) is 39.8 Å². The standard InChI is InChI=1S/C14H21N3O/c1-11-5-7-17(16-11)10-12-6-8-18-13(12)9-15-14(2,3)4/h5-8,15H,9-10H2,1-4H3. The van der Waals surface area contributed by atoms with Crippen LogP contribution in [-0.2, 0) is 13.1 Å². The second-order valence-electron chi connectivity index (χ2n) is 5.63. The molecule has 0 bridgehead atoms. The minimum absolute atomic E-state index is 0.0896. The van der Waals surface area contributed by atoms with Crippen LogP contribution in [0.5, 0.6) is 0 Å². The number of nitrogens with one attached hydrogen (secondary N) is 1. The number of furan rings is 1. The lowest BCUT2D eigenvalue weighted by atomic mass is 10.1. The Morgan fingerprint density at radius 1 is 1.33 bits per heavy atom. The molecule has 0 radical (unpaired) electrons. The van der Waals surface area contributed by atoms with Crippen molar-refractivity contribution in [3.05, 3.63) is 41.6 Å². The quantitative estimate of drug-likeness (QED) is 0.903. The Bertz CT molecular complexity index is 505. The topological polar surface area (TPSA) is 43.0 Å². The maximum Gasteiger partial charge on any atom is 0.122 e. The second kappa shape index (κ2) is 4.98.